The number of methoxy groups -OCH3 is 1. The lowest BCUT2D eigenvalue weighted by Crippen LogP contribution is -2.38. The first kappa shape index (κ1) is 27.3. The first-order valence-corrected chi connectivity index (χ1v) is 10.5. The third kappa shape index (κ3) is 9.09. The molecule has 1 heterocycles. The number of nitrogens with one attached hydrogen (secondary N) is 2. The zero-order valence-corrected chi connectivity index (χ0v) is 20.9. The van der Waals surface area contributed by atoms with Gasteiger partial charge in [-0.25, -0.2) is 4.98 Å². The van der Waals surface area contributed by atoms with E-state index >= 15 is 0 Å². The Morgan fingerprint density at radius 3 is 2.52 bits per heavy atom. The van der Waals surface area contributed by atoms with Gasteiger partial charge in [0.15, 0.2) is 23.2 Å². The van der Waals surface area contributed by atoms with E-state index in [-0.39, 0.29) is 24.0 Å². The molecule has 1 aromatic carbocycles. The summed E-state index contributed by atoms with van der Waals surface area (Å²) in [4.78, 5) is 7.75. The molecule has 0 aliphatic rings. The Balaban J connectivity index is 0.00000480. The molecule has 6 nitrogen and oxygen atoms in total. The predicted octanol–water partition coefficient (Wildman–Crippen LogP) is 4.53. The summed E-state index contributed by atoms with van der Waals surface area (Å²) in [5, 5.41) is 7.78. The first-order chi connectivity index (χ1) is 14.4. The monoisotopic (exact) mass is 572 g/mol. The highest BCUT2D eigenvalue weighted by Gasteiger charge is 2.33. The largest absolute Gasteiger partial charge is 0.493 e. The topological polar surface area (TPSA) is 67.8 Å². The number of thiazole rings is 1. The number of guanidine groups is 1. The van der Waals surface area contributed by atoms with E-state index in [0.717, 1.165) is 40.9 Å². The quantitative estimate of drug-likeness (QED) is 0.190. The van der Waals surface area contributed by atoms with Gasteiger partial charge in [-0.3, -0.25) is 4.99 Å². The minimum Gasteiger partial charge on any atom is -0.493 e. The Labute approximate surface area is 201 Å². The second kappa shape index (κ2) is 13.6. The molecule has 0 saturated heterocycles. The van der Waals surface area contributed by atoms with Gasteiger partial charge in [-0.05, 0) is 37.5 Å². The van der Waals surface area contributed by atoms with Crippen LogP contribution in [0.3, 0.4) is 0 Å². The van der Waals surface area contributed by atoms with Crippen molar-refractivity contribution in [2.24, 2.45) is 4.99 Å². The van der Waals surface area contributed by atoms with Gasteiger partial charge in [0.25, 0.3) is 0 Å². The fourth-order valence-corrected chi connectivity index (χ4v) is 3.51. The Hall–Kier alpha value is -1.76. The molecule has 0 saturated carbocycles. The smallest absolute Gasteiger partial charge is 0.434 e. The number of halogens is 4. The summed E-state index contributed by atoms with van der Waals surface area (Å²) >= 11 is 1.01. The molecule has 174 valence electrons. The molecule has 31 heavy (non-hydrogen) atoms. The standard InChI is InChI=1S/C20H27F3N4O2S.HI/c1-4-29-16-12-14(7-8-15(16)28-3)6-5-10-25-19(24-2)26-11-9-18-27-17(13-30-18)20(21,22)23;/h7-8,12-13H,4-6,9-11H2,1-3H3,(H2,24,25,26);1H. The molecule has 0 aliphatic carbocycles. The number of aromatic nitrogens is 1. The Bertz CT molecular complexity index is 831. The van der Waals surface area contributed by atoms with Crippen molar-refractivity contribution < 1.29 is 22.6 Å². The number of ether oxygens (including phenoxy) is 2. The molecular formula is C20H28F3IN4O2S. The van der Waals surface area contributed by atoms with Gasteiger partial charge in [-0.15, -0.1) is 35.3 Å². The van der Waals surface area contributed by atoms with Crippen LogP contribution in [0, 0.1) is 0 Å². The van der Waals surface area contributed by atoms with Crippen LogP contribution in [0.1, 0.15) is 29.6 Å². The fourth-order valence-electron chi connectivity index (χ4n) is 2.71. The van der Waals surface area contributed by atoms with Gasteiger partial charge in [0.2, 0.25) is 0 Å². The van der Waals surface area contributed by atoms with Gasteiger partial charge in [-0.2, -0.15) is 13.2 Å². The molecule has 0 atom stereocenters. The number of hydrogen-bond donors (Lipinski definition) is 2. The molecule has 2 rings (SSSR count). The normalized spacial score (nSPS) is 11.6. The van der Waals surface area contributed by atoms with Crippen LogP contribution in [0.15, 0.2) is 28.6 Å². The highest BCUT2D eigenvalue weighted by atomic mass is 127. The third-order valence-electron chi connectivity index (χ3n) is 4.16. The molecule has 0 bridgehead atoms. The number of alkyl halides is 3. The Morgan fingerprint density at radius 1 is 1.16 bits per heavy atom. The molecule has 1 aromatic heterocycles. The van der Waals surface area contributed by atoms with Crippen molar-refractivity contribution in [2.75, 3.05) is 33.9 Å². The summed E-state index contributed by atoms with van der Waals surface area (Å²) in [5.41, 5.74) is 0.310. The second-order valence-corrected chi connectivity index (χ2v) is 7.26. The van der Waals surface area contributed by atoms with Crippen molar-refractivity contribution in [3.63, 3.8) is 0 Å². The first-order valence-electron chi connectivity index (χ1n) is 9.63. The van der Waals surface area contributed by atoms with Crippen molar-refractivity contribution in [2.45, 2.75) is 32.4 Å². The van der Waals surface area contributed by atoms with Crippen molar-refractivity contribution >= 4 is 41.3 Å². The maximum Gasteiger partial charge on any atom is 0.434 e. The van der Waals surface area contributed by atoms with Crippen molar-refractivity contribution in [3.8, 4) is 11.5 Å². The van der Waals surface area contributed by atoms with E-state index in [2.05, 4.69) is 20.6 Å². The maximum atomic E-state index is 12.6. The molecule has 0 spiro atoms. The van der Waals surface area contributed by atoms with E-state index in [1.165, 1.54) is 0 Å². The molecule has 2 N–H and O–H groups in total. The van der Waals surface area contributed by atoms with Crippen molar-refractivity contribution in [1.82, 2.24) is 15.6 Å². The van der Waals surface area contributed by atoms with Crippen LogP contribution in [0.4, 0.5) is 13.2 Å². The lowest BCUT2D eigenvalue weighted by molar-refractivity contribution is -0.140. The number of nitrogens with zero attached hydrogens (tertiary/aromatic N) is 2. The molecule has 0 amide bonds. The molecule has 11 heteroatoms. The average Bonchev–Trinajstić information content (AvgIpc) is 3.20. The number of benzene rings is 1. The van der Waals surface area contributed by atoms with E-state index < -0.39 is 11.9 Å². The Kier molecular flexibility index (Phi) is 12.0. The molecule has 0 radical (unpaired) electrons. The van der Waals surface area contributed by atoms with Gasteiger partial charge < -0.3 is 20.1 Å². The van der Waals surface area contributed by atoms with E-state index in [4.69, 9.17) is 9.47 Å². The predicted molar refractivity (Wildman–Crippen MR) is 128 cm³/mol. The molecule has 0 fully saturated rings. The molecular weight excluding hydrogens is 544 g/mol. The van der Waals surface area contributed by atoms with Crippen LogP contribution in [0.25, 0.3) is 0 Å². The molecule has 0 aliphatic heterocycles. The molecule has 0 unspecified atom stereocenters. The minimum atomic E-state index is -4.40. The lowest BCUT2D eigenvalue weighted by atomic mass is 10.1. The van der Waals surface area contributed by atoms with Crippen LogP contribution in [0.2, 0.25) is 0 Å². The lowest BCUT2D eigenvalue weighted by Gasteiger charge is -2.13. The highest BCUT2D eigenvalue weighted by molar-refractivity contribution is 14.0. The van der Waals surface area contributed by atoms with E-state index in [1.807, 2.05) is 25.1 Å². The zero-order valence-electron chi connectivity index (χ0n) is 17.7. The highest BCUT2D eigenvalue weighted by Crippen LogP contribution is 2.30. The number of hydrogen-bond acceptors (Lipinski definition) is 5. The van der Waals surface area contributed by atoms with Crippen LogP contribution in [-0.4, -0.2) is 44.8 Å². The molecule has 2 aromatic rings. The summed E-state index contributed by atoms with van der Waals surface area (Å²) in [6.07, 6.45) is -2.27. The SMILES string of the molecule is CCOc1cc(CCCNC(=NC)NCCc2nc(C(F)(F)F)cs2)ccc1OC.I. The van der Waals surface area contributed by atoms with E-state index in [1.54, 1.807) is 14.2 Å². The van der Waals surface area contributed by atoms with E-state index in [0.29, 0.717) is 42.8 Å². The third-order valence-corrected chi connectivity index (χ3v) is 5.07. The second-order valence-electron chi connectivity index (χ2n) is 6.32. The Morgan fingerprint density at radius 2 is 1.90 bits per heavy atom. The fraction of sp³-hybridized carbons (Fsp3) is 0.500. The summed E-state index contributed by atoms with van der Waals surface area (Å²) in [6, 6.07) is 5.90. The van der Waals surface area contributed by atoms with Crippen LogP contribution >= 0.6 is 35.3 Å². The van der Waals surface area contributed by atoms with Gasteiger partial charge in [0.05, 0.1) is 18.7 Å². The minimum absolute atomic E-state index is 0. The van der Waals surface area contributed by atoms with Gasteiger partial charge in [-0.1, -0.05) is 6.07 Å². The van der Waals surface area contributed by atoms with Crippen molar-refractivity contribution in [3.05, 3.63) is 39.8 Å². The van der Waals surface area contributed by atoms with Gasteiger partial charge >= 0.3 is 6.18 Å². The summed E-state index contributed by atoms with van der Waals surface area (Å²) in [7, 11) is 3.27. The summed E-state index contributed by atoms with van der Waals surface area (Å²) in [5.74, 6) is 2.05. The van der Waals surface area contributed by atoms with Crippen LogP contribution in [-0.2, 0) is 19.0 Å². The van der Waals surface area contributed by atoms with Gasteiger partial charge in [0.1, 0.15) is 0 Å². The summed E-state index contributed by atoms with van der Waals surface area (Å²) < 4.78 is 48.6. The number of rotatable bonds is 10. The average molecular weight is 572 g/mol. The van der Waals surface area contributed by atoms with Gasteiger partial charge in [0, 0.05) is 31.9 Å². The van der Waals surface area contributed by atoms with E-state index in [9.17, 15) is 13.2 Å². The zero-order chi connectivity index (χ0) is 22.0. The van der Waals surface area contributed by atoms with Crippen LogP contribution in [0.5, 0.6) is 11.5 Å². The number of aliphatic imine (C=N–C) groups is 1. The summed E-state index contributed by atoms with van der Waals surface area (Å²) in [6.45, 7) is 3.64. The maximum absolute atomic E-state index is 12.6. The number of aryl methyl sites for hydroxylation is 1. The van der Waals surface area contributed by atoms with Crippen molar-refractivity contribution in [1.29, 1.82) is 0 Å². The van der Waals surface area contributed by atoms with Crippen LogP contribution < -0.4 is 20.1 Å².